The Morgan fingerprint density at radius 3 is 2.63 bits per heavy atom. The Morgan fingerprint density at radius 1 is 1.17 bits per heavy atom. The smallest absolute Gasteiger partial charge is 0.270 e. The monoisotopic (exact) mass is 491 g/mol. The third-order valence-corrected chi connectivity index (χ3v) is 6.45. The number of thioether (sulfide) groups is 1. The third-order valence-electron chi connectivity index (χ3n) is 5.44. The zero-order valence-electron chi connectivity index (χ0n) is 19.7. The number of carbonyl (C=O) groups is 1. The number of aryl methyl sites for hydroxylation is 1. The summed E-state index contributed by atoms with van der Waals surface area (Å²) in [4.78, 5) is 30.8. The van der Waals surface area contributed by atoms with E-state index < -0.39 is 4.92 Å². The zero-order chi connectivity index (χ0) is 24.9. The minimum atomic E-state index is -0.470. The molecule has 0 aliphatic carbocycles. The van der Waals surface area contributed by atoms with Crippen molar-refractivity contribution in [1.82, 2.24) is 4.90 Å². The fourth-order valence-corrected chi connectivity index (χ4v) is 4.55. The minimum Gasteiger partial charge on any atom is -0.496 e. The summed E-state index contributed by atoms with van der Waals surface area (Å²) in [5, 5.41) is 11.8. The summed E-state index contributed by atoms with van der Waals surface area (Å²) in [7, 11) is 1.49. The van der Waals surface area contributed by atoms with Gasteiger partial charge in [-0.05, 0) is 55.4 Å². The van der Waals surface area contributed by atoms with Crippen LogP contribution in [-0.2, 0) is 4.79 Å². The maximum atomic E-state index is 13.2. The maximum Gasteiger partial charge on any atom is 0.270 e. The fraction of sp³-hybridized carbons (Fsp3) is 0.231. The molecule has 1 aromatic heterocycles. The highest BCUT2D eigenvalue weighted by atomic mass is 32.2. The second-order valence-corrected chi connectivity index (χ2v) is 9.00. The summed E-state index contributed by atoms with van der Waals surface area (Å²) >= 11 is 1.30. The highest BCUT2D eigenvalue weighted by molar-refractivity contribution is 8.18. The largest absolute Gasteiger partial charge is 0.496 e. The molecule has 8 nitrogen and oxygen atoms in total. The Labute approximate surface area is 207 Å². The standard InChI is InChI=1S/C26H25N3O5S/c1-4-5-14-28-25(30)24(35-26(28)27-18-8-6-17(2)7-9-18)16-20-11-13-23(34-20)21-15-19(29(31)32)10-12-22(21)33-3/h6-13,15-16H,4-5,14H2,1-3H3/b24-16+,27-26?. The number of furan rings is 1. The van der Waals surface area contributed by atoms with Crippen molar-refractivity contribution in [1.29, 1.82) is 0 Å². The summed E-state index contributed by atoms with van der Waals surface area (Å²) in [6.07, 6.45) is 3.50. The van der Waals surface area contributed by atoms with Crippen LogP contribution in [0.5, 0.6) is 5.75 Å². The first kappa shape index (κ1) is 24.3. The molecule has 0 N–H and O–H groups in total. The highest BCUT2D eigenvalue weighted by Gasteiger charge is 2.33. The Hall–Kier alpha value is -3.85. The van der Waals surface area contributed by atoms with Gasteiger partial charge in [-0.15, -0.1) is 0 Å². The number of carbonyl (C=O) groups excluding carboxylic acids is 1. The van der Waals surface area contributed by atoms with Crippen LogP contribution >= 0.6 is 11.8 Å². The molecule has 180 valence electrons. The molecule has 9 heteroatoms. The second kappa shape index (κ2) is 10.6. The first-order chi connectivity index (χ1) is 16.9. The highest BCUT2D eigenvalue weighted by Crippen LogP contribution is 2.37. The van der Waals surface area contributed by atoms with Crippen LogP contribution in [0, 0.1) is 17.0 Å². The van der Waals surface area contributed by atoms with Crippen LogP contribution in [0.25, 0.3) is 17.4 Å². The van der Waals surface area contributed by atoms with Crippen LogP contribution in [0.4, 0.5) is 11.4 Å². The van der Waals surface area contributed by atoms with Crippen LogP contribution < -0.4 is 4.74 Å². The molecule has 0 radical (unpaired) electrons. The minimum absolute atomic E-state index is 0.0674. The lowest BCUT2D eigenvalue weighted by Gasteiger charge is -2.14. The van der Waals surface area contributed by atoms with E-state index in [1.165, 1.54) is 37.1 Å². The molecule has 35 heavy (non-hydrogen) atoms. The first-order valence-electron chi connectivity index (χ1n) is 11.2. The lowest BCUT2D eigenvalue weighted by Crippen LogP contribution is -2.30. The molecule has 1 aliphatic heterocycles. The molecule has 0 unspecified atom stereocenters. The first-order valence-corrected chi connectivity index (χ1v) is 12.0. The van der Waals surface area contributed by atoms with Crippen LogP contribution in [0.15, 0.2) is 68.9 Å². The van der Waals surface area contributed by atoms with Gasteiger partial charge in [0, 0.05) is 24.8 Å². The van der Waals surface area contributed by atoms with E-state index in [-0.39, 0.29) is 11.6 Å². The Kier molecular flexibility index (Phi) is 7.36. The zero-order valence-corrected chi connectivity index (χ0v) is 20.5. The second-order valence-electron chi connectivity index (χ2n) is 7.99. The number of hydrogen-bond acceptors (Lipinski definition) is 7. The molecule has 3 aromatic rings. The van der Waals surface area contributed by atoms with Crippen LogP contribution in [0.3, 0.4) is 0 Å². The lowest BCUT2D eigenvalue weighted by atomic mass is 10.1. The van der Waals surface area contributed by atoms with Gasteiger partial charge < -0.3 is 9.15 Å². The van der Waals surface area contributed by atoms with E-state index >= 15 is 0 Å². The van der Waals surface area contributed by atoms with E-state index in [0.717, 1.165) is 24.1 Å². The van der Waals surface area contributed by atoms with Gasteiger partial charge in [-0.3, -0.25) is 19.8 Å². The van der Waals surface area contributed by atoms with Crippen molar-refractivity contribution in [2.24, 2.45) is 4.99 Å². The number of nitro benzene ring substituents is 1. The number of nitrogens with zero attached hydrogens (tertiary/aromatic N) is 3. The number of unbranched alkanes of at least 4 members (excludes halogenated alkanes) is 1. The maximum absolute atomic E-state index is 13.2. The summed E-state index contributed by atoms with van der Waals surface area (Å²) < 4.78 is 11.3. The van der Waals surface area contributed by atoms with Gasteiger partial charge >= 0.3 is 0 Å². The Balaban J connectivity index is 1.65. The molecule has 1 saturated heterocycles. The van der Waals surface area contributed by atoms with Gasteiger partial charge in [0.25, 0.3) is 11.6 Å². The number of nitro groups is 1. The molecule has 1 fully saturated rings. The van der Waals surface area contributed by atoms with Gasteiger partial charge in [0.1, 0.15) is 17.3 Å². The molecular formula is C26H25N3O5S. The van der Waals surface area contributed by atoms with Gasteiger partial charge in [-0.1, -0.05) is 31.0 Å². The summed E-state index contributed by atoms with van der Waals surface area (Å²) in [6, 6.07) is 15.6. The number of methoxy groups -OCH3 is 1. The van der Waals surface area contributed by atoms with Crippen molar-refractivity contribution in [3.05, 3.63) is 80.9 Å². The van der Waals surface area contributed by atoms with Gasteiger partial charge in [-0.2, -0.15) is 0 Å². The molecule has 4 rings (SSSR count). The number of non-ortho nitro benzene ring substituents is 1. The van der Waals surface area contributed by atoms with Crippen molar-refractivity contribution in [2.45, 2.75) is 26.7 Å². The number of ether oxygens (including phenoxy) is 1. The van der Waals surface area contributed by atoms with Gasteiger partial charge in [-0.25, -0.2) is 4.99 Å². The van der Waals surface area contributed by atoms with Crippen molar-refractivity contribution >= 4 is 40.3 Å². The number of aliphatic imine (C=N–C) groups is 1. The van der Waals surface area contributed by atoms with Crippen molar-refractivity contribution in [2.75, 3.05) is 13.7 Å². The number of benzene rings is 2. The number of amidine groups is 1. The molecule has 2 aromatic carbocycles. The number of hydrogen-bond donors (Lipinski definition) is 0. The average molecular weight is 492 g/mol. The quantitative estimate of drug-likeness (QED) is 0.201. The van der Waals surface area contributed by atoms with Crippen molar-refractivity contribution < 1.29 is 18.9 Å². The predicted molar refractivity (Wildman–Crippen MR) is 138 cm³/mol. The summed E-state index contributed by atoms with van der Waals surface area (Å²) in [5.41, 5.74) is 2.32. The fourth-order valence-electron chi connectivity index (χ4n) is 3.54. The van der Waals surface area contributed by atoms with E-state index in [9.17, 15) is 14.9 Å². The van der Waals surface area contributed by atoms with E-state index in [0.29, 0.717) is 39.5 Å². The SMILES string of the molecule is CCCCN1C(=O)/C(=C\c2ccc(-c3cc([N+](=O)[O-])ccc3OC)o2)SC1=Nc1ccc(C)cc1. The average Bonchev–Trinajstić information content (AvgIpc) is 3.43. The summed E-state index contributed by atoms with van der Waals surface area (Å²) in [6.45, 7) is 4.67. The molecule has 2 heterocycles. The van der Waals surface area contributed by atoms with Gasteiger partial charge in [0.2, 0.25) is 0 Å². The molecule has 0 saturated carbocycles. The van der Waals surface area contributed by atoms with Crippen LogP contribution in [0.2, 0.25) is 0 Å². The van der Waals surface area contributed by atoms with Gasteiger partial charge in [0.15, 0.2) is 5.17 Å². The van der Waals surface area contributed by atoms with E-state index in [1.807, 2.05) is 31.2 Å². The molecule has 0 bridgehead atoms. The normalized spacial score (nSPS) is 15.9. The molecule has 0 spiro atoms. The van der Waals surface area contributed by atoms with E-state index in [1.54, 1.807) is 23.1 Å². The number of rotatable bonds is 8. The van der Waals surface area contributed by atoms with Crippen LogP contribution in [-0.4, -0.2) is 34.6 Å². The van der Waals surface area contributed by atoms with Gasteiger partial charge in [0.05, 0.1) is 28.2 Å². The molecular weight excluding hydrogens is 466 g/mol. The molecule has 1 amide bonds. The van der Waals surface area contributed by atoms with Crippen molar-refractivity contribution in [3.63, 3.8) is 0 Å². The van der Waals surface area contributed by atoms with Crippen LogP contribution in [0.1, 0.15) is 31.1 Å². The molecule has 1 aliphatic rings. The number of amides is 1. The Morgan fingerprint density at radius 2 is 1.94 bits per heavy atom. The molecule has 0 atom stereocenters. The third kappa shape index (κ3) is 5.46. The lowest BCUT2D eigenvalue weighted by molar-refractivity contribution is -0.384. The Bertz CT molecular complexity index is 1310. The topological polar surface area (TPSA) is 98.2 Å². The van der Waals surface area contributed by atoms with E-state index in [2.05, 4.69) is 6.92 Å². The van der Waals surface area contributed by atoms with Crippen molar-refractivity contribution in [3.8, 4) is 17.1 Å². The van der Waals surface area contributed by atoms with E-state index in [4.69, 9.17) is 14.1 Å². The summed E-state index contributed by atoms with van der Waals surface area (Å²) in [5.74, 6) is 1.19. The predicted octanol–water partition coefficient (Wildman–Crippen LogP) is 6.58.